The van der Waals surface area contributed by atoms with Crippen molar-refractivity contribution in [3.63, 3.8) is 0 Å². The van der Waals surface area contributed by atoms with Gasteiger partial charge in [-0.25, -0.2) is 0 Å². The lowest BCUT2D eigenvalue weighted by Gasteiger charge is -2.32. The average molecular weight is 384 g/mol. The van der Waals surface area contributed by atoms with E-state index >= 15 is 0 Å². The minimum Gasteiger partial charge on any atom is -0.382 e. The minimum absolute atomic E-state index is 0.0716. The molecule has 1 aromatic rings. The first-order chi connectivity index (χ1) is 12.4. The average Bonchev–Trinajstić information content (AvgIpc) is 2.61. The van der Waals surface area contributed by atoms with Crippen LogP contribution in [-0.2, 0) is 27.1 Å². The van der Waals surface area contributed by atoms with E-state index in [0.29, 0.717) is 33.0 Å². The lowest BCUT2D eigenvalue weighted by molar-refractivity contribution is 0.0264. The second kappa shape index (κ2) is 12.6. The molecule has 150 valence electrons. The first-order valence-corrected chi connectivity index (χ1v) is 10.1. The number of hydrogen-bond donors (Lipinski definition) is 1. The number of methoxy groups -OCH3 is 1. The van der Waals surface area contributed by atoms with Gasteiger partial charge in [0.1, 0.15) is 0 Å². The maximum absolute atomic E-state index is 5.76. The molecule has 0 saturated heterocycles. The molecule has 4 nitrogen and oxygen atoms in total. The molecule has 0 radical (unpaired) electrons. The van der Waals surface area contributed by atoms with Crippen molar-refractivity contribution in [2.75, 3.05) is 58.1 Å². The van der Waals surface area contributed by atoms with Crippen molar-refractivity contribution in [1.29, 1.82) is 0 Å². The van der Waals surface area contributed by atoms with E-state index in [0.717, 1.165) is 25.9 Å². The molecule has 5 heteroatoms. The number of benzene rings is 1. The smallest absolute Gasteiger partial charge is 0.0701 e. The topological polar surface area (TPSA) is 30.9 Å². The first kappa shape index (κ1) is 23.3. The van der Waals surface area contributed by atoms with Gasteiger partial charge in [0.15, 0.2) is 0 Å². The molecule has 0 fully saturated rings. The third-order valence-corrected chi connectivity index (χ3v) is 4.25. The van der Waals surface area contributed by atoms with E-state index < -0.39 is 0 Å². The van der Waals surface area contributed by atoms with Crippen molar-refractivity contribution in [1.82, 2.24) is 0 Å². The highest BCUT2D eigenvalue weighted by Gasteiger charge is 2.18. The highest BCUT2D eigenvalue weighted by molar-refractivity contribution is 7.81. The summed E-state index contributed by atoms with van der Waals surface area (Å²) < 4.78 is 16.1. The molecule has 0 N–H and O–H groups in total. The molecule has 0 atom stereocenters. The van der Waals surface area contributed by atoms with E-state index in [1.807, 2.05) is 0 Å². The van der Waals surface area contributed by atoms with Gasteiger partial charge in [-0.1, -0.05) is 19.9 Å². The number of ether oxygens (including phenoxy) is 3. The molecule has 0 aliphatic carbocycles. The van der Waals surface area contributed by atoms with E-state index in [1.165, 1.54) is 16.8 Å². The molecular weight excluding hydrogens is 346 g/mol. The third kappa shape index (κ3) is 9.81. The fourth-order valence-electron chi connectivity index (χ4n) is 2.74. The zero-order valence-corrected chi connectivity index (χ0v) is 18.1. The molecule has 26 heavy (non-hydrogen) atoms. The van der Waals surface area contributed by atoms with Crippen molar-refractivity contribution in [2.45, 2.75) is 45.3 Å². The van der Waals surface area contributed by atoms with Gasteiger partial charge in [-0.3, -0.25) is 0 Å². The Balaban J connectivity index is 2.62. The second-order valence-electron chi connectivity index (χ2n) is 7.17. The lowest BCUT2D eigenvalue weighted by Crippen LogP contribution is -2.37. The highest BCUT2D eigenvalue weighted by atomic mass is 32.1. The highest BCUT2D eigenvalue weighted by Crippen LogP contribution is 2.24. The van der Waals surface area contributed by atoms with Crippen molar-refractivity contribution in [2.24, 2.45) is 0 Å². The summed E-state index contributed by atoms with van der Waals surface area (Å²) in [6.45, 7) is 13.6. The standard InChI is InChI=1S/C21H37NO3S/c1-6-18-14-19(7-2)16-20(15-18)22(17-21(3,4)26)8-9-24-12-13-25-11-10-23-5/h14-16,26H,6-13,17H2,1-5H3. The Morgan fingerprint density at radius 1 is 0.885 bits per heavy atom. The van der Waals surface area contributed by atoms with Crippen LogP contribution in [0.1, 0.15) is 38.8 Å². The SMILES string of the molecule is CCc1cc(CC)cc(N(CCOCCOCCOC)CC(C)(C)S)c1. The monoisotopic (exact) mass is 383 g/mol. The van der Waals surface area contributed by atoms with E-state index in [9.17, 15) is 0 Å². The molecule has 0 aliphatic heterocycles. The van der Waals surface area contributed by atoms with Crippen LogP contribution in [0.4, 0.5) is 5.69 Å². The molecule has 0 spiro atoms. The maximum Gasteiger partial charge on any atom is 0.0701 e. The van der Waals surface area contributed by atoms with E-state index in [1.54, 1.807) is 7.11 Å². The summed E-state index contributed by atoms with van der Waals surface area (Å²) in [6.07, 6.45) is 2.10. The van der Waals surface area contributed by atoms with Gasteiger partial charge in [0.05, 0.1) is 33.0 Å². The van der Waals surface area contributed by atoms with Gasteiger partial charge < -0.3 is 19.1 Å². The summed E-state index contributed by atoms with van der Waals surface area (Å²) in [5, 5.41) is 0. The Hall–Kier alpha value is -0.750. The second-order valence-corrected chi connectivity index (χ2v) is 8.38. The molecule has 1 aromatic carbocycles. The lowest BCUT2D eigenvalue weighted by atomic mass is 10.0. The van der Waals surface area contributed by atoms with Gasteiger partial charge in [-0.15, -0.1) is 0 Å². The molecule has 1 rings (SSSR count). The van der Waals surface area contributed by atoms with Crippen molar-refractivity contribution in [3.8, 4) is 0 Å². The normalized spacial score (nSPS) is 11.8. The largest absolute Gasteiger partial charge is 0.382 e. The summed E-state index contributed by atoms with van der Waals surface area (Å²) >= 11 is 4.74. The number of aryl methyl sites for hydroxylation is 2. The Bertz CT molecular complexity index is 480. The van der Waals surface area contributed by atoms with Crippen LogP contribution >= 0.6 is 12.6 Å². The predicted octanol–water partition coefficient (Wildman–Crippen LogP) is 4.01. The summed E-state index contributed by atoms with van der Waals surface area (Å²) in [6, 6.07) is 6.90. The number of rotatable bonds is 14. The van der Waals surface area contributed by atoms with Gasteiger partial charge in [-0.05, 0) is 49.9 Å². The minimum atomic E-state index is -0.0716. The van der Waals surface area contributed by atoms with Gasteiger partial charge >= 0.3 is 0 Å². The molecule has 0 bridgehead atoms. The van der Waals surface area contributed by atoms with Gasteiger partial charge in [0.2, 0.25) is 0 Å². The maximum atomic E-state index is 5.76. The van der Waals surface area contributed by atoms with Crippen LogP contribution in [0.25, 0.3) is 0 Å². The summed E-state index contributed by atoms with van der Waals surface area (Å²) in [5.74, 6) is 0. The quantitative estimate of drug-likeness (QED) is 0.388. The molecule has 0 amide bonds. The zero-order valence-electron chi connectivity index (χ0n) is 17.2. The van der Waals surface area contributed by atoms with Crippen LogP contribution in [-0.4, -0.2) is 58.0 Å². The number of anilines is 1. The number of hydrogen-bond acceptors (Lipinski definition) is 5. The van der Waals surface area contributed by atoms with E-state index in [2.05, 4.69) is 50.8 Å². The van der Waals surface area contributed by atoms with Crippen LogP contribution in [0.2, 0.25) is 0 Å². The summed E-state index contributed by atoms with van der Waals surface area (Å²) in [5.41, 5.74) is 4.03. The van der Waals surface area contributed by atoms with Crippen LogP contribution < -0.4 is 4.90 Å². The number of nitrogens with zero attached hydrogens (tertiary/aromatic N) is 1. The number of thiol groups is 1. The molecule has 0 unspecified atom stereocenters. The Morgan fingerprint density at radius 2 is 1.42 bits per heavy atom. The van der Waals surface area contributed by atoms with Crippen LogP contribution in [0, 0.1) is 0 Å². The van der Waals surface area contributed by atoms with Crippen molar-refractivity contribution in [3.05, 3.63) is 29.3 Å². The Kier molecular flexibility index (Phi) is 11.3. The molecule has 0 aliphatic rings. The van der Waals surface area contributed by atoms with Crippen LogP contribution in [0.15, 0.2) is 18.2 Å². The van der Waals surface area contributed by atoms with Crippen LogP contribution in [0.3, 0.4) is 0 Å². The van der Waals surface area contributed by atoms with E-state index in [-0.39, 0.29) is 4.75 Å². The first-order valence-electron chi connectivity index (χ1n) is 9.64. The van der Waals surface area contributed by atoms with Crippen molar-refractivity contribution >= 4 is 18.3 Å². The van der Waals surface area contributed by atoms with Gasteiger partial charge in [0, 0.05) is 30.6 Å². The van der Waals surface area contributed by atoms with Crippen LogP contribution in [0.5, 0.6) is 0 Å². The molecule has 0 aromatic heterocycles. The molecule has 0 saturated carbocycles. The predicted molar refractivity (Wildman–Crippen MR) is 114 cm³/mol. The summed E-state index contributed by atoms with van der Waals surface area (Å²) in [4.78, 5) is 2.39. The van der Waals surface area contributed by atoms with Gasteiger partial charge in [-0.2, -0.15) is 12.6 Å². The molecule has 0 heterocycles. The fourth-order valence-corrected chi connectivity index (χ4v) is 2.91. The Morgan fingerprint density at radius 3 is 1.92 bits per heavy atom. The van der Waals surface area contributed by atoms with E-state index in [4.69, 9.17) is 26.8 Å². The fraction of sp³-hybridized carbons (Fsp3) is 0.714. The zero-order chi connectivity index (χ0) is 19.4. The Labute approximate surface area is 165 Å². The third-order valence-electron chi connectivity index (χ3n) is 4.11. The summed E-state index contributed by atoms with van der Waals surface area (Å²) in [7, 11) is 1.68. The van der Waals surface area contributed by atoms with Gasteiger partial charge in [0.25, 0.3) is 0 Å². The van der Waals surface area contributed by atoms with Crippen molar-refractivity contribution < 1.29 is 14.2 Å². The molecular formula is C21H37NO3S.